The largest absolute Gasteiger partial charge is 0.461 e. The molecule has 104 valence electrons. The Labute approximate surface area is 110 Å². The van der Waals surface area contributed by atoms with E-state index in [4.69, 9.17) is 0 Å². The summed E-state index contributed by atoms with van der Waals surface area (Å²) < 4.78 is 31.1. The molecule has 0 heterocycles. The van der Waals surface area contributed by atoms with Gasteiger partial charge in [0.25, 0.3) is 0 Å². The number of hydrogen-bond acceptors (Lipinski definition) is 3. The molecule has 0 amide bonds. The Morgan fingerprint density at radius 3 is 2.37 bits per heavy atom. The number of benzene rings is 1. The summed E-state index contributed by atoms with van der Waals surface area (Å²) in [7, 11) is 0. The van der Waals surface area contributed by atoms with Crippen LogP contribution in [0.4, 0.5) is 8.78 Å². The van der Waals surface area contributed by atoms with Crippen LogP contribution >= 0.6 is 0 Å². The van der Waals surface area contributed by atoms with Gasteiger partial charge in [0.2, 0.25) is 5.78 Å². The van der Waals surface area contributed by atoms with E-state index in [1.54, 1.807) is 18.2 Å². The molecule has 0 unspecified atom stereocenters. The number of carbonyl (C=O) groups is 2. The van der Waals surface area contributed by atoms with Gasteiger partial charge in [0.15, 0.2) is 0 Å². The van der Waals surface area contributed by atoms with Crippen molar-refractivity contribution in [3.63, 3.8) is 0 Å². The van der Waals surface area contributed by atoms with Gasteiger partial charge in [0, 0.05) is 6.42 Å². The lowest BCUT2D eigenvalue weighted by Crippen LogP contribution is -2.40. The number of rotatable bonds is 5. The van der Waals surface area contributed by atoms with Crippen LogP contribution in [0.25, 0.3) is 0 Å². The second-order valence-electron chi connectivity index (χ2n) is 4.31. The molecule has 1 aromatic carbocycles. The van der Waals surface area contributed by atoms with E-state index in [0.717, 1.165) is 11.1 Å². The highest BCUT2D eigenvalue weighted by molar-refractivity contribution is 6.06. The van der Waals surface area contributed by atoms with Crippen LogP contribution in [0.5, 0.6) is 0 Å². The van der Waals surface area contributed by atoms with E-state index in [0.29, 0.717) is 5.56 Å². The zero-order valence-corrected chi connectivity index (χ0v) is 11.1. The smallest absolute Gasteiger partial charge is 0.400 e. The number of halogens is 2. The highest BCUT2D eigenvalue weighted by Crippen LogP contribution is 2.20. The standard InChI is InChI=1S/C14H16F2O3/c1-4-19-13(18)14(15,16)12(17)8-11-6-5-9(2)10(3)7-11/h5-7H,4,8H2,1-3H3. The van der Waals surface area contributed by atoms with E-state index in [1.165, 1.54) is 6.92 Å². The van der Waals surface area contributed by atoms with E-state index < -0.39 is 24.1 Å². The molecule has 0 saturated heterocycles. The molecule has 0 N–H and O–H groups in total. The van der Waals surface area contributed by atoms with Crippen molar-refractivity contribution in [3.8, 4) is 0 Å². The summed E-state index contributed by atoms with van der Waals surface area (Å²) >= 11 is 0. The topological polar surface area (TPSA) is 43.4 Å². The minimum absolute atomic E-state index is 0.189. The molecule has 3 nitrogen and oxygen atoms in total. The van der Waals surface area contributed by atoms with E-state index in [-0.39, 0.29) is 6.61 Å². The predicted molar refractivity (Wildman–Crippen MR) is 66.2 cm³/mol. The number of hydrogen-bond donors (Lipinski definition) is 0. The lowest BCUT2D eigenvalue weighted by atomic mass is 10.0. The lowest BCUT2D eigenvalue weighted by Gasteiger charge is -2.13. The van der Waals surface area contributed by atoms with Crippen LogP contribution in [0.2, 0.25) is 0 Å². The van der Waals surface area contributed by atoms with Crippen molar-refractivity contribution in [1.82, 2.24) is 0 Å². The monoisotopic (exact) mass is 270 g/mol. The van der Waals surface area contributed by atoms with Crippen LogP contribution in [0.15, 0.2) is 18.2 Å². The molecule has 19 heavy (non-hydrogen) atoms. The summed E-state index contributed by atoms with van der Waals surface area (Å²) in [6, 6.07) is 5.01. The van der Waals surface area contributed by atoms with Crippen molar-refractivity contribution >= 4 is 11.8 Å². The average Bonchev–Trinajstić information content (AvgIpc) is 2.34. The molecule has 0 spiro atoms. The zero-order valence-electron chi connectivity index (χ0n) is 11.1. The third-order valence-corrected chi connectivity index (χ3v) is 2.82. The summed E-state index contributed by atoms with van der Waals surface area (Å²) in [6.07, 6.45) is -0.493. The van der Waals surface area contributed by atoms with Crippen LogP contribution < -0.4 is 0 Å². The summed E-state index contributed by atoms with van der Waals surface area (Å²) in [5.41, 5.74) is 2.37. The van der Waals surface area contributed by atoms with E-state index >= 15 is 0 Å². The highest BCUT2D eigenvalue weighted by Gasteiger charge is 2.48. The average molecular weight is 270 g/mol. The molecule has 0 aliphatic carbocycles. The fourth-order valence-corrected chi connectivity index (χ4v) is 1.55. The summed E-state index contributed by atoms with van der Waals surface area (Å²) in [5.74, 6) is -7.33. The Hall–Kier alpha value is -1.78. The van der Waals surface area contributed by atoms with E-state index in [1.807, 2.05) is 13.8 Å². The molecule has 0 aromatic heterocycles. The van der Waals surface area contributed by atoms with Crippen LogP contribution in [0.3, 0.4) is 0 Å². The third kappa shape index (κ3) is 3.59. The van der Waals surface area contributed by atoms with Crippen molar-refractivity contribution in [3.05, 3.63) is 34.9 Å². The minimum Gasteiger partial charge on any atom is -0.461 e. The number of ether oxygens (including phenoxy) is 1. The van der Waals surface area contributed by atoms with Crippen molar-refractivity contribution < 1.29 is 23.1 Å². The number of carbonyl (C=O) groups excluding carboxylic acids is 2. The van der Waals surface area contributed by atoms with Gasteiger partial charge in [-0.1, -0.05) is 18.2 Å². The maximum Gasteiger partial charge on any atom is 0.400 e. The third-order valence-electron chi connectivity index (χ3n) is 2.82. The van der Waals surface area contributed by atoms with Gasteiger partial charge in [-0.2, -0.15) is 8.78 Å². The van der Waals surface area contributed by atoms with Gasteiger partial charge in [-0.3, -0.25) is 4.79 Å². The molecule has 5 heteroatoms. The molecule has 0 saturated carbocycles. The molecule has 0 radical (unpaired) electrons. The first-order chi connectivity index (χ1) is 8.78. The number of esters is 1. The van der Waals surface area contributed by atoms with Crippen LogP contribution in [0.1, 0.15) is 23.6 Å². The van der Waals surface area contributed by atoms with Crippen LogP contribution in [-0.2, 0) is 20.7 Å². The Balaban J connectivity index is 2.83. The summed E-state index contributed by atoms with van der Waals surface area (Å²) in [6.45, 7) is 4.92. The first-order valence-electron chi connectivity index (χ1n) is 5.93. The minimum atomic E-state index is -4.09. The normalized spacial score (nSPS) is 11.2. The second kappa shape index (κ2) is 5.91. The van der Waals surface area contributed by atoms with Gasteiger partial charge >= 0.3 is 11.9 Å². The van der Waals surface area contributed by atoms with E-state index in [9.17, 15) is 18.4 Å². The Bertz CT molecular complexity index is 495. The lowest BCUT2D eigenvalue weighted by molar-refractivity contribution is -0.176. The molecule has 1 aromatic rings. The second-order valence-corrected chi connectivity index (χ2v) is 4.31. The fraction of sp³-hybridized carbons (Fsp3) is 0.429. The van der Waals surface area contributed by atoms with E-state index in [2.05, 4.69) is 4.74 Å². The molecule has 0 aliphatic rings. The van der Waals surface area contributed by atoms with Crippen molar-refractivity contribution in [2.45, 2.75) is 33.1 Å². The first-order valence-corrected chi connectivity index (χ1v) is 5.93. The van der Waals surface area contributed by atoms with Crippen LogP contribution in [-0.4, -0.2) is 24.3 Å². The molecule has 0 aliphatic heterocycles. The molecule has 0 fully saturated rings. The number of alkyl halides is 2. The number of ketones is 1. The SMILES string of the molecule is CCOC(=O)C(F)(F)C(=O)Cc1ccc(C)c(C)c1. The summed E-state index contributed by atoms with van der Waals surface area (Å²) in [5, 5.41) is 0. The van der Waals surface area contributed by atoms with Crippen molar-refractivity contribution in [2.24, 2.45) is 0 Å². The maximum absolute atomic E-state index is 13.4. The summed E-state index contributed by atoms with van der Waals surface area (Å²) in [4.78, 5) is 22.5. The molecular weight excluding hydrogens is 254 g/mol. The molecule has 0 atom stereocenters. The van der Waals surface area contributed by atoms with Crippen molar-refractivity contribution in [2.75, 3.05) is 6.61 Å². The van der Waals surface area contributed by atoms with Gasteiger partial charge in [0.1, 0.15) is 0 Å². The number of aryl methyl sites for hydroxylation is 2. The highest BCUT2D eigenvalue weighted by atomic mass is 19.3. The van der Waals surface area contributed by atoms with Gasteiger partial charge in [0.05, 0.1) is 6.61 Å². The molecular formula is C14H16F2O3. The Morgan fingerprint density at radius 1 is 1.21 bits per heavy atom. The van der Waals surface area contributed by atoms with Gasteiger partial charge in [-0.15, -0.1) is 0 Å². The first kappa shape index (κ1) is 15.3. The predicted octanol–water partition coefficient (Wildman–Crippen LogP) is 2.61. The fourth-order valence-electron chi connectivity index (χ4n) is 1.55. The van der Waals surface area contributed by atoms with Crippen molar-refractivity contribution in [1.29, 1.82) is 0 Å². The molecule has 0 bridgehead atoms. The Kier molecular flexibility index (Phi) is 4.75. The van der Waals surface area contributed by atoms with Crippen LogP contribution in [0, 0.1) is 13.8 Å². The maximum atomic E-state index is 13.4. The number of Topliss-reactive ketones (excluding diaryl/α,β-unsaturated/α-hetero) is 1. The Morgan fingerprint density at radius 2 is 1.84 bits per heavy atom. The zero-order chi connectivity index (χ0) is 14.6. The quantitative estimate of drug-likeness (QED) is 0.610. The van der Waals surface area contributed by atoms with Gasteiger partial charge in [-0.05, 0) is 37.5 Å². The van der Waals surface area contributed by atoms with Gasteiger partial charge in [-0.25, -0.2) is 4.79 Å². The van der Waals surface area contributed by atoms with Gasteiger partial charge < -0.3 is 4.74 Å². The molecule has 1 rings (SSSR count).